The molecule has 0 unspecified atom stereocenters. The van der Waals surface area contributed by atoms with Gasteiger partial charge in [0.1, 0.15) is 0 Å². The molecule has 0 spiro atoms. The van der Waals surface area contributed by atoms with Gasteiger partial charge in [0, 0.05) is 16.5 Å². The van der Waals surface area contributed by atoms with E-state index in [2.05, 4.69) is 0 Å². The fraction of sp³-hybridized carbons (Fsp3) is 0.143. The van der Waals surface area contributed by atoms with Crippen LogP contribution in [0, 0.1) is 10.8 Å². The molecule has 0 amide bonds. The number of nitrogens with two attached hydrogens (primary N) is 1. The van der Waals surface area contributed by atoms with Crippen molar-refractivity contribution < 1.29 is 5.11 Å². The summed E-state index contributed by atoms with van der Waals surface area (Å²) in [5.41, 5.74) is 7.02. The van der Waals surface area contributed by atoms with Crippen molar-refractivity contribution in [3.8, 4) is 0 Å². The monoisotopic (exact) mass is 151 g/mol. The van der Waals surface area contributed by atoms with E-state index in [4.69, 9.17) is 21.6 Å². The fourth-order valence-corrected chi connectivity index (χ4v) is 0.623. The first kappa shape index (κ1) is 9.40. The topological polar surface area (TPSA) is 93.8 Å². The summed E-state index contributed by atoms with van der Waals surface area (Å²) < 4.78 is 0. The number of nitrogen functional groups attached to an aromatic ring is 1. The van der Waals surface area contributed by atoms with Crippen LogP contribution in [0.15, 0.2) is 24.3 Å². The Balaban J connectivity index is 0.000000461. The van der Waals surface area contributed by atoms with Gasteiger partial charge in [0.2, 0.25) is 0 Å². The van der Waals surface area contributed by atoms with E-state index < -0.39 is 0 Å². The Kier molecular flexibility index (Phi) is 4.45. The molecule has 0 bridgehead atoms. The van der Waals surface area contributed by atoms with Crippen LogP contribution in [-0.4, -0.2) is 5.11 Å². The molecule has 11 heavy (non-hydrogen) atoms. The zero-order valence-corrected chi connectivity index (χ0v) is 5.94. The first-order chi connectivity index (χ1) is 5.33. The summed E-state index contributed by atoms with van der Waals surface area (Å²) in [7, 11) is 0. The van der Waals surface area contributed by atoms with Crippen molar-refractivity contribution in [2.75, 3.05) is 5.73 Å². The molecule has 3 N–H and O–H groups in total. The van der Waals surface area contributed by atoms with Crippen molar-refractivity contribution in [1.29, 1.82) is 10.8 Å². The molecule has 0 radical (unpaired) electrons. The van der Waals surface area contributed by atoms with Crippen LogP contribution in [0.25, 0.3) is 0 Å². The predicted octanol–water partition coefficient (Wildman–Crippen LogP) is 0.791. The minimum Gasteiger partial charge on any atom is -0.399 e. The van der Waals surface area contributed by atoms with Gasteiger partial charge < -0.3 is 10.8 Å². The molecule has 0 aromatic heterocycles. The average molecular weight is 151 g/mol. The first-order valence-electron chi connectivity index (χ1n) is 2.98. The summed E-state index contributed by atoms with van der Waals surface area (Å²) in [6.07, 6.45) is 0. The number of aliphatic hydroxyl groups is 1. The van der Waals surface area contributed by atoms with E-state index in [0.29, 0.717) is 0 Å². The Hall–Kier alpha value is -1.60. The second kappa shape index (κ2) is 5.21. The normalized spacial score (nSPS) is 7.91. The van der Waals surface area contributed by atoms with Crippen molar-refractivity contribution >= 4 is 5.69 Å². The molecule has 1 rings (SSSR count). The van der Waals surface area contributed by atoms with Crippen LogP contribution >= 0.6 is 0 Å². The molecule has 1 aromatic carbocycles. The van der Waals surface area contributed by atoms with E-state index in [1.54, 1.807) is 24.3 Å². The molecule has 4 heteroatoms. The maximum Gasteiger partial charge on any atom is 0.0681 e. The zero-order chi connectivity index (χ0) is 8.69. The van der Waals surface area contributed by atoms with Gasteiger partial charge in [-0.15, -0.1) is 0 Å². The number of aliphatic hydroxyl groups excluding tert-OH is 1. The number of benzene rings is 1. The SMILES string of the molecule is N#N.Nc1ccc(CO)cc1. The second-order valence-electron chi connectivity index (χ2n) is 1.90. The molecule has 0 saturated carbocycles. The summed E-state index contributed by atoms with van der Waals surface area (Å²) >= 11 is 0. The molecule has 4 nitrogen and oxygen atoms in total. The highest BCUT2D eigenvalue weighted by molar-refractivity contribution is 5.38. The summed E-state index contributed by atoms with van der Waals surface area (Å²) in [6, 6.07) is 7.14. The van der Waals surface area contributed by atoms with Crippen LogP contribution in [0.5, 0.6) is 0 Å². The van der Waals surface area contributed by atoms with Crippen molar-refractivity contribution in [2.24, 2.45) is 0 Å². The smallest absolute Gasteiger partial charge is 0.0681 e. The van der Waals surface area contributed by atoms with Crippen LogP contribution in [0.1, 0.15) is 5.56 Å². The van der Waals surface area contributed by atoms with Crippen LogP contribution in [0.4, 0.5) is 5.69 Å². The van der Waals surface area contributed by atoms with Gasteiger partial charge in [-0.05, 0) is 17.7 Å². The minimum absolute atomic E-state index is 0.0836. The van der Waals surface area contributed by atoms with Crippen molar-refractivity contribution in [1.82, 2.24) is 0 Å². The van der Waals surface area contributed by atoms with Crippen LogP contribution in [0.3, 0.4) is 0 Å². The number of anilines is 1. The number of hydrogen-bond acceptors (Lipinski definition) is 4. The lowest BCUT2D eigenvalue weighted by Crippen LogP contribution is -1.85. The summed E-state index contributed by atoms with van der Waals surface area (Å²) in [5, 5.41) is 20.6. The molecule has 0 heterocycles. The largest absolute Gasteiger partial charge is 0.399 e. The number of rotatable bonds is 1. The molecular weight excluding hydrogens is 142 g/mol. The van der Waals surface area contributed by atoms with Gasteiger partial charge in [-0.2, -0.15) is 0 Å². The van der Waals surface area contributed by atoms with Crippen molar-refractivity contribution in [2.45, 2.75) is 6.61 Å². The highest BCUT2D eigenvalue weighted by Gasteiger charge is 1.86. The highest BCUT2D eigenvalue weighted by atomic mass is 16.3. The molecule has 1 aromatic rings. The molecule has 0 aliphatic rings. The van der Waals surface area contributed by atoms with E-state index in [1.807, 2.05) is 0 Å². The summed E-state index contributed by atoms with van der Waals surface area (Å²) in [4.78, 5) is 0. The molecule has 58 valence electrons. The van der Waals surface area contributed by atoms with Crippen molar-refractivity contribution in [3.05, 3.63) is 29.8 Å². The molecule has 0 fully saturated rings. The van der Waals surface area contributed by atoms with Gasteiger partial charge in [0.15, 0.2) is 0 Å². The summed E-state index contributed by atoms with van der Waals surface area (Å²) in [5.74, 6) is 0. The molecule has 0 aliphatic carbocycles. The van der Waals surface area contributed by atoms with Crippen LogP contribution in [-0.2, 0) is 6.61 Å². The third-order valence-corrected chi connectivity index (χ3v) is 1.16. The van der Waals surface area contributed by atoms with Gasteiger partial charge in [-0.1, -0.05) is 12.1 Å². The number of hydrogen-bond donors (Lipinski definition) is 2. The van der Waals surface area contributed by atoms with Gasteiger partial charge in [-0.25, -0.2) is 0 Å². The predicted molar refractivity (Wildman–Crippen MR) is 40.2 cm³/mol. The first-order valence-corrected chi connectivity index (χ1v) is 2.98. The minimum atomic E-state index is 0.0836. The van der Waals surface area contributed by atoms with Gasteiger partial charge in [0.05, 0.1) is 6.61 Å². The molecule has 0 atom stereocenters. The second-order valence-corrected chi connectivity index (χ2v) is 1.90. The van der Waals surface area contributed by atoms with Crippen molar-refractivity contribution in [3.63, 3.8) is 0 Å². The fourth-order valence-electron chi connectivity index (χ4n) is 0.623. The summed E-state index contributed by atoms with van der Waals surface area (Å²) in [6.45, 7) is 0.0836. The van der Waals surface area contributed by atoms with E-state index in [1.165, 1.54) is 0 Å². The Morgan fingerprint density at radius 1 is 1.18 bits per heavy atom. The quantitative estimate of drug-likeness (QED) is 0.458. The van der Waals surface area contributed by atoms with E-state index in [9.17, 15) is 0 Å². The highest BCUT2D eigenvalue weighted by Crippen LogP contribution is 2.03. The Morgan fingerprint density at radius 3 is 2.00 bits per heavy atom. The zero-order valence-electron chi connectivity index (χ0n) is 5.94. The van der Waals surface area contributed by atoms with Gasteiger partial charge in [-0.3, -0.25) is 0 Å². The Morgan fingerprint density at radius 2 is 1.64 bits per heavy atom. The maximum absolute atomic E-state index is 8.59. The third-order valence-electron chi connectivity index (χ3n) is 1.16. The third kappa shape index (κ3) is 3.18. The van der Waals surface area contributed by atoms with E-state index in [-0.39, 0.29) is 6.61 Å². The van der Waals surface area contributed by atoms with E-state index in [0.717, 1.165) is 11.3 Å². The standard InChI is InChI=1S/C7H9NO.N2/c8-7-3-1-6(5-9)2-4-7;1-2/h1-4,9H,5,8H2;. The lowest BCUT2D eigenvalue weighted by molar-refractivity contribution is 0.282. The average Bonchev–Trinajstić information content (AvgIpc) is 2.10. The Bertz CT molecular complexity index is 217. The van der Waals surface area contributed by atoms with Crippen LogP contribution < -0.4 is 5.73 Å². The van der Waals surface area contributed by atoms with Gasteiger partial charge in [0.25, 0.3) is 0 Å². The van der Waals surface area contributed by atoms with Gasteiger partial charge >= 0.3 is 0 Å². The molecule has 0 aliphatic heterocycles. The molecular formula is C7H9N3O. The van der Waals surface area contributed by atoms with E-state index >= 15 is 0 Å². The Labute approximate surface area is 64.7 Å². The molecule has 0 saturated heterocycles. The number of nitrogens with zero attached hydrogens (tertiary/aromatic N) is 2. The van der Waals surface area contributed by atoms with Crippen LogP contribution in [0.2, 0.25) is 0 Å². The lowest BCUT2D eigenvalue weighted by atomic mass is 10.2. The maximum atomic E-state index is 8.59. The lowest BCUT2D eigenvalue weighted by Gasteiger charge is -1.94.